The van der Waals surface area contributed by atoms with Crippen LogP contribution in [-0.4, -0.2) is 11.4 Å². The summed E-state index contributed by atoms with van der Waals surface area (Å²) in [6, 6.07) is 54.7. The first-order valence-corrected chi connectivity index (χ1v) is 28.8. The quantitative estimate of drug-likeness (QED) is 0.164. The number of rotatable bonds is 4. The molecule has 0 fully saturated rings. The van der Waals surface area contributed by atoms with Gasteiger partial charge >= 0.3 is 6.85 Å². The lowest BCUT2D eigenvalue weighted by atomic mass is 9.43. The van der Waals surface area contributed by atoms with Crippen molar-refractivity contribution in [3.63, 3.8) is 0 Å². The number of nitrogens with zero attached hydrogens (tertiary/aromatic N) is 3. The molecule has 8 aromatic carbocycles. The molecule has 2 aromatic heterocycles. The van der Waals surface area contributed by atoms with Crippen LogP contribution >= 0.6 is 0 Å². The summed E-state index contributed by atoms with van der Waals surface area (Å²) in [6.07, 6.45) is 2.30. The summed E-state index contributed by atoms with van der Waals surface area (Å²) >= 11 is 0. The molecule has 0 N–H and O–H groups in total. The molecule has 1 aliphatic carbocycles. The van der Waals surface area contributed by atoms with Crippen LogP contribution in [0.4, 0.5) is 28.4 Å². The lowest BCUT2D eigenvalue weighted by Gasteiger charge is -2.46. The highest BCUT2D eigenvalue weighted by molar-refractivity contribution is 6.94. The van der Waals surface area contributed by atoms with Gasteiger partial charge in [-0.2, -0.15) is 0 Å². The Bertz CT molecular complexity index is 4080. The summed E-state index contributed by atoms with van der Waals surface area (Å²) in [5.41, 5.74) is 25.9. The van der Waals surface area contributed by atoms with Gasteiger partial charge in [0, 0.05) is 66.8 Å². The van der Waals surface area contributed by atoms with E-state index in [2.05, 4.69) is 272 Å². The number of hydrogen-bond acceptors (Lipinski definition) is 3. The average molecular weight is 1020 g/mol. The Kier molecular flexibility index (Phi) is 10.7. The highest BCUT2D eigenvalue weighted by atomic mass is 16.3. The number of furan rings is 1. The molecule has 0 saturated carbocycles. The van der Waals surface area contributed by atoms with Gasteiger partial charge < -0.3 is 18.7 Å². The van der Waals surface area contributed by atoms with Gasteiger partial charge in [0.05, 0.1) is 11.0 Å². The first kappa shape index (κ1) is 50.5. The molecule has 4 nitrogen and oxygen atoms in total. The molecule has 0 bridgehead atoms. The van der Waals surface area contributed by atoms with Crippen LogP contribution in [0.15, 0.2) is 144 Å². The molecule has 2 aliphatic heterocycles. The molecule has 0 atom stereocenters. The fourth-order valence-electron chi connectivity index (χ4n) is 13.7. The normalized spacial score (nSPS) is 15.8. The van der Waals surface area contributed by atoms with E-state index in [1.54, 1.807) is 0 Å². The average Bonchev–Trinajstić information content (AvgIpc) is 4.00. The SMILES string of the molecule is Cc1cc2c(cc1N1B3c4c(cc5c(oc6ccccc65)c4-c4ccc(N(c5ccc(C(C)(C)C)cc5)c5ccc(C(C)(C)C)cc5)cc41)-n1c4ccc(C(C)(C)C)cc4c4cc(C(C)(C)C)cc3c41)C(C)(C)CCC2(C)C. The fourth-order valence-corrected chi connectivity index (χ4v) is 13.7. The van der Waals surface area contributed by atoms with E-state index in [1.807, 2.05) is 0 Å². The van der Waals surface area contributed by atoms with Crippen molar-refractivity contribution in [2.75, 3.05) is 9.71 Å². The summed E-state index contributed by atoms with van der Waals surface area (Å²) in [4.78, 5) is 5.27. The molecule has 5 heteroatoms. The Morgan fingerprint density at radius 2 is 1.04 bits per heavy atom. The summed E-state index contributed by atoms with van der Waals surface area (Å²) < 4.78 is 9.93. The minimum Gasteiger partial charge on any atom is -0.455 e. The van der Waals surface area contributed by atoms with Crippen molar-refractivity contribution >= 4 is 90.0 Å². The Balaban J connectivity index is 1.19. The van der Waals surface area contributed by atoms with E-state index in [4.69, 9.17) is 4.42 Å². The fraction of sp³-hybridized carbons (Fsp3) is 0.342. The van der Waals surface area contributed by atoms with Crippen LogP contribution in [0.25, 0.3) is 60.6 Å². The Morgan fingerprint density at radius 3 is 1.64 bits per heavy atom. The molecule has 0 spiro atoms. The van der Waals surface area contributed by atoms with Crippen LogP contribution in [0.2, 0.25) is 0 Å². The van der Waals surface area contributed by atoms with Gasteiger partial charge in [0.25, 0.3) is 0 Å². The van der Waals surface area contributed by atoms with Gasteiger partial charge in [0.15, 0.2) is 0 Å². The first-order valence-electron chi connectivity index (χ1n) is 28.8. The molecule has 10 aromatic rings. The Labute approximate surface area is 464 Å². The lowest BCUT2D eigenvalue weighted by molar-refractivity contribution is 0.332. The number of benzene rings is 8. The van der Waals surface area contributed by atoms with Gasteiger partial charge in [0.1, 0.15) is 11.2 Å². The summed E-state index contributed by atoms with van der Waals surface area (Å²) in [5, 5.41) is 4.90. The van der Waals surface area contributed by atoms with E-state index in [0.717, 1.165) is 51.8 Å². The van der Waals surface area contributed by atoms with E-state index in [-0.39, 0.29) is 39.3 Å². The van der Waals surface area contributed by atoms with Crippen molar-refractivity contribution in [3.8, 4) is 16.8 Å². The van der Waals surface area contributed by atoms with Crippen molar-refractivity contribution < 1.29 is 4.42 Å². The molecule has 4 heterocycles. The smallest absolute Gasteiger partial charge is 0.333 e. The van der Waals surface area contributed by atoms with Gasteiger partial charge in [0.2, 0.25) is 0 Å². The minimum absolute atomic E-state index is 0.00429. The Hall–Kier alpha value is -6.98. The summed E-state index contributed by atoms with van der Waals surface area (Å²) in [7, 11) is 0. The first-order chi connectivity index (χ1) is 36.6. The summed E-state index contributed by atoms with van der Waals surface area (Å²) in [5.74, 6) is 0. The zero-order valence-electron chi connectivity index (χ0n) is 49.5. The van der Waals surface area contributed by atoms with Gasteiger partial charge in [-0.1, -0.05) is 178 Å². The number of hydrogen-bond donors (Lipinski definition) is 0. The number of anilines is 5. The molecule has 394 valence electrons. The molecular formula is C73H78BN3O. The van der Waals surface area contributed by atoms with Crippen LogP contribution in [-0.2, 0) is 32.5 Å². The lowest BCUT2D eigenvalue weighted by Crippen LogP contribution is -2.61. The van der Waals surface area contributed by atoms with Crippen LogP contribution in [0.5, 0.6) is 0 Å². The van der Waals surface area contributed by atoms with Crippen LogP contribution in [0.3, 0.4) is 0 Å². The molecule has 0 saturated heterocycles. The summed E-state index contributed by atoms with van der Waals surface area (Å²) in [6.45, 7) is 40.0. The molecular weight excluding hydrogens is 946 g/mol. The van der Waals surface area contributed by atoms with Crippen LogP contribution in [0, 0.1) is 6.92 Å². The van der Waals surface area contributed by atoms with E-state index in [0.29, 0.717) is 0 Å². The largest absolute Gasteiger partial charge is 0.455 e. The monoisotopic (exact) mass is 1020 g/mol. The maximum absolute atomic E-state index is 7.29. The highest BCUT2D eigenvalue weighted by Crippen LogP contribution is 2.54. The molecule has 0 amide bonds. The van der Waals surface area contributed by atoms with Crippen LogP contribution < -0.4 is 20.6 Å². The molecule has 0 unspecified atom stereocenters. The number of aromatic nitrogens is 1. The van der Waals surface area contributed by atoms with Gasteiger partial charge in [-0.3, -0.25) is 0 Å². The van der Waals surface area contributed by atoms with Gasteiger partial charge in [-0.05, 0) is 175 Å². The predicted molar refractivity (Wildman–Crippen MR) is 337 cm³/mol. The third-order valence-corrected chi connectivity index (χ3v) is 18.6. The van der Waals surface area contributed by atoms with Crippen molar-refractivity contribution in [2.24, 2.45) is 0 Å². The number of aryl methyl sites for hydroxylation is 1. The minimum atomic E-state index is -0.207. The second kappa shape index (κ2) is 16.5. The van der Waals surface area contributed by atoms with E-state index in [1.165, 1.54) is 99.9 Å². The van der Waals surface area contributed by atoms with E-state index < -0.39 is 0 Å². The third-order valence-electron chi connectivity index (χ3n) is 18.6. The molecule has 13 rings (SSSR count). The van der Waals surface area contributed by atoms with E-state index in [9.17, 15) is 0 Å². The maximum Gasteiger partial charge on any atom is 0.333 e. The van der Waals surface area contributed by atoms with Crippen LogP contribution in [0.1, 0.15) is 163 Å². The van der Waals surface area contributed by atoms with E-state index >= 15 is 0 Å². The molecule has 78 heavy (non-hydrogen) atoms. The van der Waals surface area contributed by atoms with Gasteiger partial charge in [-0.25, -0.2) is 0 Å². The number of fused-ring (bicyclic) bond motifs is 12. The maximum atomic E-state index is 7.29. The zero-order valence-corrected chi connectivity index (χ0v) is 49.5. The zero-order chi connectivity index (χ0) is 55.1. The molecule has 0 radical (unpaired) electrons. The van der Waals surface area contributed by atoms with Crippen molar-refractivity contribution in [1.29, 1.82) is 0 Å². The van der Waals surface area contributed by atoms with Crippen molar-refractivity contribution in [3.05, 3.63) is 178 Å². The highest BCUT2D eigenvalue weighted by Gasteiger charge is 2.48. The third kappa shape index (κ3) is 7.60. The van der Waals surface area contributed by atoms with Crippen molar-refractivity contribution in [2.45, 2.75) is 163 Å². The van der Waals surface area contributed by atoms with Gasteiger partial charge in [-0.15, -0.1) is 0 Å². The second-order valence-electron chi connectivity index (χ2n) is 29.0. The molecule has 3 aliphatic rings. The number of para-hydroxylation sites is 1. The predicted octanol–water partition coefficient (Wildman–Crippen LogP) is 19.2. The van der Waals surface area contributed by atoms with Crippen molar-refractivity contribution in [1.82, 2.24) is 4.57 Å². The standard InChI is InChI=1S/C73H78BN3O/c1-43-36-56-57(73(16,17)35-34-72(56,14)15)42-60(43)77-61-40-50(75(48-27-22-44(23-28-48)68(2,3)4)49-29-24-45(25-30-49)69(5,6)7)31-32-52(61)64-65-62(41-55-51-20-18-19-21-63(51)78-67(55)64)76-59-33-26-46(70(8,9)10)37-53(59)54-38-47(71(11,12)13)39-58(66(54)76)74(65)77/h18-33,36-42H,34-35H2,1-17H3. The topological polar surface area (TPSA) is 24.6 Å². The second-order valence-corrected chi connectivity index (χ2v) is 29.0. The Morgan fingerprint density at radius 1 is 0.487 bits per heavy atom.